The molecule has 1 aliphatic rings. The van der Waals surface area contributed by atoms with Gasteiger partial charge in [-0.3, -0.25) is 9.52 Å². The van der Waals surface area contributed by atoms with Crippen molar-refractivity contribution in [1.82, 2.24) is 9.62 Å². The highest BCUT2D eigenvalue weighted by Crippen LogP contribution is 2.27. The molecular formula is C12H18N4O3S2. The number of para-hydroxylation sites is 1. The lowest BCUT2D eigenvalue weighted by Crippen LogP contribution is -2.48. The van der Waals surface area contributed by atoms with Crippen LogP contribution < -0.4 is 15.8 Å². The first-order chi connectivity index (χ1) is 9.99. The summed E-state index contributed by atoms with van der Waals surface area (Å²) in [5.74, 6) is -0.341. The van der Waals surface area contributed by atoms with Gasteiger partial charge in [0.25, 0.3) is 0 Å². The third-order valence-corrected chi connectivity index (χ3v) is 5.53. The number of anilines is 1. The van der Waals surface area contributed by atoms with Crippen molar-refractivity contribution in [1.29, 1.82) is 0 Å². The van der Waals surface area contributed by atoms with Crippen LogP contribution in [0.2, 0.25) is 0 Å². The van der Waals surface area contributed by atoms with Gasteiger partial charge >= 0.3 is 10.2 Å². The smallest absolute Gasteiger partial charge is 0.301 e. The highest BCUT2D eigenvalue weighted by molar-refractivity contribution is 8.00. The first-order valence-corrected chi connectivity index (χ1v) is 8.90. The SMILES string of the molecule is NC(=O)CSc1ccccc1NS(=O)(=O)N1CCNCC1. The molecule has 2 rings (SSSR count). The van der Waals surface area contributed by atoms with Crippen molar-refractivity contribution < 1.29 is 13.2 Å². The molecule has 0 unspecified atom stereocenters. The van der Waals surface area contributed by atoms with Gasteiger partial charge in [0.2, 0.25) is 5.91 Å². The van der Waals surface area contributed by atoms with Crippen molar-refractivity contribution >= 4 is 33.6 Å². The number of hydrogen-bond donors (Lipinski definition) is 3. The van der Waals surface area contributed by atoms with Crippen LogP contribution >= 0.6 is 11.8 Å². The summed E-state index contributed by atoms with van der Waals surface area (Å²) < 4.78 is 28.6. The Hall–Kier alpha value is -1.29. The molecular weight excluding hydrogens is 312 g/mol. The Balaban J connectivity index is 2.12. The van der Waals surface area contributed by atoms with Gasteiger partial charge in [0.1, 0.15) is 0 Å². The van der Waals surface area contributed by atoms with Crippen LogP contribution in [0.3, 0.4) is 0 Å². The van der Waals surface area contributed by atoms with Crippen LogP contribution in [0.1, 0.15) is 0 Å². The van der Waals surface area contributed by atoms with Gasteiger partial charge in [-0.25, -0.2) is 0 Å². The highest BCUT2D eigenvalue weighted by Gasteiger charge is 2.24. The molecule has 1 fully saturated rings. The first kappa shape index (κ1) is 16.1. The molecule has 1 aliphatic heterocycles. The zero-order valence-electron chi connectivity index (χ0n) is 11.4. The number of piperazine rings is 1. The minimum atomic E-state index is -3.58. The summed E-state index contributed by atoms with van der Waals surface area (Å²) in [4.78, 5) is 11.5. The van der Waals surface area contributed by atoms with E-state index in [-0.39, 0.29) is 5.75 Å². The molecule has 0 radical (unpaired) electrons. The van der Waals surface area contributed by atoms with Crippen molar-refractivity contribution in [2.45, 2.75) is 4.90 Å². The Kier molecular flexibility index (Phi) is 5.45. The topological polar surface area (TPSA) is 105 Å². The molecule has 1 aromatic rings. The zero-order chi connectivity index (χ0) is 15.3. The van der Waals surface area contributed by atoms with Gasteiger partial charge in [-0.15, -0.1) is 11.8 Å². The number of carbonyl (C=O) groups is 1. The van der Waals surface area contributed by atoms with Crippen molar-refractivity contribution in [2.24, 2.45) is 5.73 Å². The van der Waals surface area contributed by atoms with E-state index in [1.165, 1.54) is 16.1 Å². The average molecular weight is 330 g/mol. The van der Waals surface area contributed by atoms with E-state index in [1.807, 2.05) is 0 Å². The monoisotopic (exact) mass is 330 g/mol. The number of thioether (sulfide) groups is 1. The van der Waals surface area contributed by atoms with Crippen molar-refractivity contribution in [3.05, 3.63) is 24.3 Å². The summed E-state index contributed by atoms with van der Waals surface area (Å²) in [5.41, 5.74) is 5.58. The molecule has 1 aromatic carbocycles. The summed E-state index contributed by atoms with van der Waals surface area (Å²) in [6, 6.07) is 6.95. The lowest BCUT2D eigenvalue weighted by Gasteiger charge is -2.27. The van der Waals surface area contributed by atoms with Gasteiger partial charge < -0.3 is 11.1 Å². The lowest BCUT2D eigenvalue weighted by atomic mass is 10.3. The normalized spacial score (nSPS) is 16.6. The minimum Gasteiger partial charge on any atom is -0.369 e. The van der Waals surface area contributed by atoms with E-state index < -0.39 is 16.1 Å². The fraction of sp³-hybridized carbons (Fsp3) is 0.417. The van der Waals surface area contributed by atoms with Crippen LogP contribution in [0.15, 0.2) is 29.2 Å². The molecule has 0 aliphatic carbocycles. The Morgan fingerprint density at radius 1 is 1.33 bits per heavy atom. The maximum absolute atomic E-state index is 12.3. The van der Waals surface area contributed by atoms with E-state index in [0.717, 1.165) is 0 Å². The van der Waals surface area contributed by atoms with E-state index in [9.17, 15) is 13.2 Å². The largest absolute Gasteiger partial charge is 0.369 e. The average Bonchev–Trinajstić information content (AvgIpc) is 2.47. The molecule has 0 spiro atoms. The van der Waals surface area contributed by atoms with Gasteiger partial charge in [0.15, 0.2) is 0 Å². The fourth-order valence-corrected chi connectivity index (χ4v) is 3.97. The highest BCUT2D eigenvalue weighted by atomic mass is 32.2. The molecule has 1 saturated heterocycles. The Bertz CT molecular complexity index is 600. The predicted molar refractivity (Wildman–Crippen MR) is 83.3 cm³/mol. The molecule has 21 heavy (non-hydrogen) atoms. The maximum atomic E-state index is 12.3. The second-order valence-corrected chi connectivity index (χ2v) is 7.20. The van der Waals surface area contributed by atoms with Gasteiger partial charge in [-0.05, 0) is 12.1 Å². The van der Waals surface area contributed by atoms with Crippen LogP contribution in [0.5, 0.6) is 0 Å². The summed E-state index contributed by atoms with van der Waals surface area (Å²) in [7, 11) is -3.58. The number of nitrogens with zero attached hydrogens (tertiary/aromatic N) is 1. The van der Waals surface area contributed by atoms with Crippen LogP contribution in [0.25, 0.3) is 0 Å². The maximum Gasteiger partial charge on any atom is 0.301 e. The summed E-state index contributed by atoms with van der Waals surface area (Å²) in [6.45, 7) is 2.15. The minimum absolute atomic E-state index is 0.104. The Morgan fingerprint density at radius 3 is 2.67 bits per heavy atom. The number of benzene rings is 1. The summed E-state index contributed by atoms with van der Waals surface area (Å²) in [5, 5.41) is 3.11. The van der Waals surface area contributed by atoms with E-state index in [1.54, 1.807) is 24.3 Å². The second-order valence-electron chi connectivity index (χ2n) is 4.51. The summed E-state index contributed by atoms with van der Waals surface area (Å²) >= 11 is 1.21. The van der Waals surface area contributed by atoms with Crippen LogP contribution in [0.4, 0.5) is 5.69 Å². The molecule has 1 amide bonds. The Labute approximate surface area is 128 Å². The number of hydrogen-bond acceptors (Lipinski definition) is 5. The zero-order valence-corrected chi connectivity index (χ0v) is 13.0. The molecule has 0 atom stereocenters. The van der Waals surface area contributed by atoms with E-state index >= 15 is 0 Å². The quantitative estimate of drug-likeness (QED) is 0.628. The van der Waals surface area contributed by atoms with E-state index in [0.29, 0.717) is 36.8 Å². The van der Waals surface area contributed by atoms with E-state index in [2.05, 4.69) is 10.0 Å². The Morgan fingerprint density at radius 2 is 2.00 bits per heavy atom. The van der Waals surface area contributed by atoms with Gasteiger partial charge in [0, 0.05) is 31.1 Å². The third kappa shape index (κ3) is 4.60. The number of amides is 1. The standard InChI is InChI=1S/C12H18N4O3S2/c13-12(17)9-20-11-4-2-1-3-10(11)15-21(18,19)16-7-5-14-6-8-16/h1-4,14-15H,5-9H2,(H2,13,17). The van der Waals surface area contributed by atoms with Gasteiger partial charge in [0.05, 0.1) is 11.4 Å². The van der Waals surface area contributed by atoms with Gasteiger partial charge in [-0.2, -0.15) is 12.7 Å². The summed E-state index contributed by atoms with van der Waals surface area (Å²) in [6.07, 6.45) is 0. The van der Waals surface area contributed by atoms with Crippen molar-refractivity contribution in [3.63, 3.8) is 0 Å². The van der Waals surface area contributed by atoms with Crippen LogP contribution in [-0.2, 0) is 15.0 Å². The van der Waals surface area contributed by atoms with Crippen molar-refractivity contribution in [2.75, 3.05) is 36.7 Å². The van der Waals surface area contributed by atoms with Crippen molar-refractivity contribution in [3.8, 4) is 0 Å². The molecule has 7 nitrogen and oxygen atoms in total. The fourth-order valence-electron chi connectivity index (χ4n) is 1.91. The van der Waals surface area contributed by atoms with Crippen LogP contribution in [-0.4, -0.2) is 50.6 Å². The first-order valence-electron chi connectivity index (χ1n) is 6.48. The molecule has 116 valence electrons. The second kappa shape index (κ2) is 7.12. The number of rotatable bonds is 6. The molecule has 9 heteroatoms. The van der Waals surface area contributed by atoms with Crippen LogP contribution in [0, 0.1) is 0 Å². The number of nitrogens with one attached hydrogen (secondary N) is 2. The molecule has 0 bridgehead atoms. The van der Waals surface area contributed by atoms with E-state index in [4.69, 9.17) is 5.73 Å². The number of carbonyl (C=O) groups excluding carboxylic acids is 1. The molecule has 4 N–H and O–H groups in total. The number of primary amides is 1. The molecule has 1 heterocycles. The third-order valence-electron chi connectivity index (χ3n) is 2.91. The molecule has 0 saturated carbocycles. The number of nitrogens with two attached hydrogens (primary N) is 1. The predicted octanol–water partition coefficient (Wildman–Crippen LogP) is -0.174. The van der Waals surface area contributed by atoms with Gasteiger partial charge in [-0.1, -0.05) is 12.1 Å². The lowest BCUT2D eigenvalue weighted by molar-refractivity contribution is -0.115. The molecule has 0 aromatic heterocycles.